The topological polar surface area (TPSA) is 75.3 Å². The van der Waals surface area contributed by atoms with E-state index in [1.807, 2.05) is 0 Å². The summed E-state index contributed by atoms with van der Waals surface area (Å²) in [6, 6.07) is -0.310. The van der Waals surface area contributed by atoms with Gasteiger partial charge in [-0.2, -0.15) is 0 Å². The summed E-state index contributed by atoms with van der Waals surface area (Å²) < 4.78 is 0. The van der Waals surface area contributed by atoms with Gasteiger partial charge in [-0.25, -0.2) is 0 Å². The van der Waals surface area contributed by atoms with Crippen LogP contribution in [0, 0.1) is 5.41 Å². The van der Waals surface area contributed by atoms with Crippen LogP contribution >= 0.6 is 0 Å². The average Bonchev–Trinajstić information content (AvgIpc) is 1.99. The molecule has 0 aromatic heterocycles. The van der Waals surface area contributed by atoms with Gasteiger partial charge >= 0.3 is 0 Å². The molecule has 0 aliphatic heterocycles. The summed E-state index contributed by atoms with van der Waals surface area (Å²) in [5, 5.41) is 11.4. The molecule has 0 fully saturated rings. The van der Waals surface area contributed by atoms with Gasteiger partial charge < -0.3 is 16.2 Å². The molecule has 0 spiro atoms. The first-order chi connectivity index (χ1) is 6.74. The highest BCUT2D eigenvalue weighted by Crippen LogP contribution is 2.20. The van der Waals surface area contributed by atoms with Crippen molar-refractivity contribution >= 4 is 5.91 Å². The van der Waals surface area contributed by atoms with E-state index in [1.54, 1.807) is 6.92 Å². The monoisotopic (exact) mass is 216 g/mol. The first kappa shape index (κ1) is 14.4. The van der Waals surface area contributed by atoms with Crippen molar-refractivity contribution in [2.75, 3.05) is 6.61 Å². The number of carbonyl (C=O) groups excluding carboxylic acids is 1. The highest BCUT2D eigenvalue weighted by atomic mass is 16.3. The van der Waals surface area contributed by atoms with Gasteiger partial charge in [0, 0.05) is 18.5 Å². The largest absolute Gasteiger partial charge is 0.394 e. The van der Waals surface area contributed by atoms with Crippen molar-refractivity contribution in [3.8, 4) is 0 Å². The number of amides is 1. The molecule has 1 amide bonds. The molecule has 1 unspecified atom stereocenters. The number of rotatable bonds is 5. The Morgan fingerprint density at radius 1 is 1.47 bits per heavy atom. The predicted molar refractivity (Wildman–Crippen MR) is 61.4 cm³/mol. The molecule has 0 bridgehead atoms. The van der Waals surface area contributed by atoms with Gasteiger partial charge in [0.25, 0.3) is 0 Å². The van der Waals surface area contributed by atoms with Crippen LogP contribution in [0.3, 0.4) is 0 Å². The second-order valence-corrected chi connectivity index (χ2v) is 5.38. The quantitative estimate of drug-likeness (QED) is 0.631. The number of nitrogens with two attached hydrogens (primary N) is 1. The van der Waals surface area contributed by atoms with Crippen LogP contribution in [-0.2, 0) is 4.79 Å². The lowest BCUT2D eigenvalue weighted by Crippen LogP contribution is -2.39. The SMILES string of the molecule is C[C@@H](CO)NC(=O)CC(N)CC(C)(C)C. The van der Waals surface area contributed by atoms with E-state index in [4.69, 9.17) is 10.8 Å². The molecule has 90 valence electrons. The highest BCUT2D eigenvalue weighted by molar-refractivity contribution is 5.76. The Labute approximate surface area is 92.2 Å². The van der Waals surface area contributed by atoms with Crippen LogP contribution in [0.2, 0.25) is 0 Å². The maximum absolute atomic E-state index is 11.4. The zero-order chi connectivity index (χ0) is 12.1. The molecule has 0 aromatic carbocycles. The molecular formula is C11H24N2O2. The van der Waals surface area contributed by atoms with Gasteiger partial charge in [-0.15, -0.1) is 0 Å². The third-order valence-electron chi connectivity index (χ3n) is 2.00. The van der Waals surface area contributed by atoms with Crippen molar-refractivity contribution in [3.63, 3.8) is 0 Å². The second kappa shape index (κ2) is 6.08. The van der Waals surface area contributed by atoms with E-state index in [9.17, 15) is 4.79 Å². The fourth-order valence-electron chi connectivity index (χ4n) is 1.48. The van der Waals surface area contributed by atoms with Gasteiger partial charge in [-0.3, -0.25) is 4.79 Å². The zero-order valence-electron chi connectivity index (χ0n) is 10.2. The molecule has 0 heterocycles. The normalized spacial score (nSPS) is 15.9. The molecular weight excluding hydrogens is 192 g/mol. The van der Waals surface area contributed by atoms with Crippen LogP contribution < -0.4 is 11.1 Å². The highest BCUT2D eigenvalue weighted by Gasteiger charge is 2.18. The van der Waals surface area contributed by atoms with E-state index < -0.39 is 0 Å². The molecule has 4 nitrogen and oxygen atoms in total. The molecule has 0 saturated heterocycles. The number of hydrogen-bond donors (Lipinski definition) is 3. The fourth-order valence-corrected chi connectivity index (χ4v) is 1.48. The van der Waals surface area contributed by atoms with E-state index in [0.717, 1.165) is 6.42 Å². The molecule has 0 aliphatic rings. The van der Waals surface area contributed by atoms with Crippen LogP contribution in [-0.4, -0.2) is 29.7 Å². The summed E-state index contributed by atoms with van der Waals surface area (Å²) in [6.45, 7) is 8.01. The summed E-state index contributed by atoms with van der Waals surface area (Å²) in [4.78, 5) is 11.4. The van der Waals surface area contributed by atoms with Crippen molar-refractivity contribution in [3.05, 3.63) is 0 Å². The molecule has 15 heavy (non-hydrogen) atoms. The van der Waals surface area contributed by atoms with Crippen molar-refractivity contribution < 1.29 is 9.90 Å². The minimum Gasteiger partial charge on any atom is -0.394 e. The standard InChI is InChI=1S/C11H24N2O2/c1-8(7-14)13-10(15)5-9(12)6-11(2,3)4/h8-9,14H,5-7,12H2,1-4H3,(H,13,15)/t8-,9?/m0/s1. The van der Waals surface area contributed by atoms with E-state index >= 15 is 0 Å². The first-order valence-corrected chi connectivity index (χ1v) is 5.40. The van der Waals surface area contributed by atoms with Crippen molar-refractivity contribution in [2.45, 2.75) is 52.6 Å². The lowest BCUT2D eigenvalue weighted by atomic mass is 9.87. The van der Waals surface area contributed by atoms with Gasteiger partial charge in [-0.05, 0) is 18.8 Å². The Morgan fingerprint density at radius 3 is 2.40 bits per heavy atom. The van der Waals surface area contributed by atoms with Crippen LogP contribution in [0.4, 0.5) is 0 Å². The van der Waals surface area contributed by atoms with Gasteiger partial charge in [0.2, 0.25) is 5.91 Å². The number of aliphatic hydroxyl groups excluding tert-OH is 1. The lowest BCUT2D eigenvalue weighted by Gasteiger charge is -2.23. The van der Waals surface area contributed by atoms with Crippen LogP contribution in [0.1, 0.15) is 40.5 Å². The van der Waals surface area contributed by atoms with Crippen molar-refractivity contribution in [1.29, 1.82) is 0 Å². The predicted octanol–water partition coefficient (Wildman–Crippen LogP) is 0.637. The van der Waals surface area contributed by atoms with Crippen molar-refractivity contribution in [2.24, 2.45) is 11.1 Å². The zero-order valence-corrected chi connectivity index (χ0v) is 10.2. The maximum Gasteiger partial charge on any atom is 0.221 e. The molecule has 0 rings (SSSR count). The molecule has 0 saturated carbocycles. The molecule has 4 N–H and O–H groups in total. The molecule has 2 atom stereocenters. The molecule has 0 radical (unpaired) electrons. The summed E-state index contributed by atoms with van der Waals surface area (Å²) in [5.41, 5.74) is 6.00. The van der Waals surface area contributed by atoms with Gasteiger partial charge in [0.05, 0.1) is 6.61 Å². The summed E-state index contributed by atoms with van der Waals surface area (Å²) in [6.07, 6.45) is 1.13. The first-order valence-electron chi connectivity index (χ1n) is 5.40. The third-order valence-corrected chi connectivity index (χ3v) is 2.00. The Bertz CT molecular complexity index is 199. The second-order valence-electron chi connectivity index (χ2n) is 5.38. The Balaban J connectivity index is 3.87. The minimum atomic E-state index is -0.195. The van der Waals surface area contributed by atoms with Gasteiger partial charge in [0.1, 0.15) is 0 Å². The van der Waals surface area contributed by atoms with E-state index in [2.05, 4.69) is 26.1 Å². The van der Waals surface area contributed by atoms with E-state index in [0.29, 0.717) is 6.42 Å². The number of nitrogens with one attached hydrogen (secondary N) is 1. The summed E-state index contributed by atoms with van der Waals surface area (Å²) in [7, 11) is 0. The number of hydrogen-bond acceptors (Lipinski definition) is 3. The van der Waals surface area contributed by atoms with Crippen molar-refractivity contribution in [1.82, 2.24) is 5.32 Å². The average molecular weight is 216 g/mol. The minimum absolute atomic E-state index is 0.0414. The Morgan fingerprint density at radius 2 is 2.00 bits per heavy atom. The molecule has 4 heteroatoms. The summed E-state index contributed by atoms with van der Waals surface area (Å²) >= 11 is 0. The molecule has 0 aromatic rings. The summed E-state index contributed by atoms with van der Waals surface area (Å²) in [5.74, 6) is -0.0895. The van der Waals surface area contributed by atoms with Gasteiger partial charge in [-0.1, -0.05) is 20.8 Å². The van der Waals surface area contributed by atoms with E-state index in [-0.39, 0.29) is 30.0 Å². The Kier molecular flexibility index (Phi) is 5.83. The molecule has 0 aliphatic carbocycles. The van der Waals surface area contributed by atoms with Gasteiger partial charge in [0.15, 0.2) is 0 Å². The van der Waals surface area contributed by atoms with Crippen LogP contribution in [0.5, 0.6) is 0 Å². The smallest absolute Gasteiger partial charge is 0.221 e. The third kappa shape index (κ3) is 8.39. The number of aliphatic hydroxyl groups is 1. The number of carbonyl (C=O) groups is 1. The van der Waals surface area contributed by atoms with Crippen LogP contribution in [0.15, 0.2) is 0 Å². The fraction of sp³-hybridized carbons (Fsp3) is 0.909. The van der Waals surface area contributed by atoms with E-state index in [1.165, 1.54) is 0 Å². The lowest BCUT2D eigenvalue weighted by molar-refractivity contribution is -0.122. The Hall–Kier alpha value is -0.610. The maximum atomic E-state index is 11.4. The van der Waals surface area contributed by atoms with Crippen LogP contribution in [0.25, 0.3) is 0 Å².